The highest BCUT2D eigenvalue weighted by atomic mass is 19.2. The van der Waals surface area contributed by atoms with Crippen molar-refractivity contribution in [2.75, 3.05) is 0 Å². The van der Waals surface area contributed by atoms with Gasteiger partial charge in [0.2, 0.25) is 0 Å². The Morgan fingerprint density at radius 3 is 1.85 bits per heavy atom. The molecule has 0 spiro atoms. The van der Waals surface area contributed by atoms with Crippen molar-refractivity contribution in [2.24, 2.45) is 0 Å². The molecule has 0 radical (unpaired) electrons. The van der Waals surface area contributed by atoms with Crippen LogP contribution in [0.2, 0.25) is 0 Å². The highest BCUT2D eigenvalue weighted by molar-refractivity contribution is 5.39. The van der Waals surface area contributed by atoms with Gasteiger partial charge in [-0.2, -0.15) is 0 Å². The van der Waals surface area contributed by atoms with Gasteiger partial charge in [0.15, 0.2) is 17.5 Å². The number of aromatic nitrogens is 2. The fourth-order valence-corrected chi connectivity index (χ4v) is 2.31. The SMILES string of the molecule is Fc1ccc(C(c2ccc[nH]2)c2ccc[nH]2)c(F)c1F. The Morgan fingerprint density at radius 2 is 1.35 bits per heavy atom. The van der Waals surface area contributed by atoms with E-state index < -0.39 is 23.4 Å². The van der Waals surface area contributed by atoms with Crippen molar-refractivity contribution < 1.29 is 13.2 Å². The molecule has 2 N–H and O–H groups in total. The maximum Gasteiger partial charge on any atom is 0.194 e. The van der Waals surface area contributed by atoms with Crippen molar-refractivity contribution in [3.05, 3.63) is 83.2 Å². The van der Waals surface area contributed by atoms with Gasteiger partial charge in [0, 0.05) is 29.3 Å². The highest BCUT2D eigenvalue weighted by Crippen LogP contribution is 2.32. The summed E-state index contributed by atoms with van der Waals surface area (Å²) >= 11 is 0. The van der Waals surface area contributed by atoms with E-state index in [1.807, 2.05) is 0 Å². The molecule has 20 heavy (non-hydrogen) atoms. The number of halogens is 3. The molecule has 2 heterocycles. The summed E-state index contributed by atoms with van der Waals surface area (Å²) in [4.78, 5) is 5.96. The monoisotopic (exact) mass is 276 g/mol. The summed E-state index contributed by atoms with van der Waals surface area (Å²) in [5.74, 6) is -4.36. The molecule has 0 atom stereocenters. The van der Waals surface area contributed by atoms with Crippen LogP contribution < -0.4 is 0 Å². The van der Waals surface area contributed by atoms with Crippen LogP contribution in [0, 0.1) is 17.5 Å². The van der Waals surface area contributed by atoms with E-state index in [2.05, 4.69) is 9.97 Å². The summed E-state index contributed by atoms with van der Waals surface area (Å²) in [5.41, 5.74) is 1.46. The van der Waals surface area contributed by atoms with Gasteiger partial charge in [-0.05, 0) is 30.3 Å². The number of hydrogen-bond donors (Lipinski definition) is 2. The lowest BCUT2D eigenvalue weighted by atomic mass is 9.92. The molecule has 1 aromatic carbocycles. The summed E-state index contributed by atoms with van der Waals surface area (Å²) < 4.78 is 40.6. The van der Waals surface area contributed by atoms with Crippen LogP contribution in [0.3, 0.4) is 0 Å². The van der Waals surface area contributed by atoms with Gasteiger partial charge >= 0.3 is 0 Å². The zero-order valence-electron chi connectivity index (χ0n) is 10.3. The quantitative estimate of drug-likeness (QED) is 0.679. The molecule has 2 aromatic heterocycles. The van der Waals surface area contributed by atoms with Crippen LogP contribution in [0.4, 0.5) is 13.2 Å². The van der Waals surface area contributed by atoms with Crippen LogP contribution in [0.25, 0.3) is 0 Å². The summed E-state index contributed by atoms with van der Waals surface area (Å²) in [5, 5.41) is 0. The van der Waals surface area contributed by atoms with Crippen LogP contribution in [0.1, 0.15) is 22.9 Å². The number of H-pyrrole nitrogens is 2. The Labute approximate surface area is 113 Å². The van der Waals surface area contributed by atoms with Crippen molar-refractivity contribution in [3.63, 3.8) is 0 Å². The smallest absolute Gasteiger partial charge is 0.194 e. The molecule has 3 aromatic rings. The first kappa shape index (κ1) is 12.6. The molecule has 0 saturated heterocycles. The van der Waals surface area contributed by atoms with Crippen molar-refractivity contribution in [3.8, 4) is 0 Å². The standard InChI is InChI=1S/C15H11F3N2/c16-10-6-5-9(14(17)15(10)18)13(11-3-1-7-19-11)12-4-2-8-20-12/h1-8,13,19-20H. The van der Waals surface area contributed by atoms with Gasteiger partial charge < -0.3 is 9.97 Å². The van der Waals surface area contributed by atoms with Crippen molar-refractivity contribution >= 4 is 0 Å². The molecule has 2 nitrogen and oxygen atoms in total. The fraction of sp³-hybridized carbons (Fsp3) is 0.0667. The molecule has 0 amide bonds. The average molecular weight is 276 g/mol. The first-order valence-electron chi connectivity index (χ1n) is 6.08. The Balaban J connectivity index is 2.19. The molecule has 0 saturated carbocycles. The molecule has 0 unspecified atom stereocenters. The van der Waals surface area contributed by atoms with E-state index in [-0.39, 0.29) is 5.56 Å². The lowest BCUT2D eigenvalue weighted by molar-refractivity contribution is 0.439. The zero-order chi connectivity index (χ0) is 14.1. The number of rotatable bonds is 3. The Hall–Kier alpha value is -2.43. The summed E-state index contributed by atoms with van der Waals surface area (Å²) in [6, 6.07) is 9.28. The first-order valence-corrected chi connectivity index (χ1v) is 6.08. The van der Waals surface area contributed by atoms with Gasteiger partial charge in [-0.1, -0.05) is 6.07 Å². The number of hydrogen-bond acceptors (Lipinski definition) is 0. The minimum absolute atomic E-state index is 0.0776. The lowest BCUT2D eigenvalue weighted by Gasteiger charge is -2.16. The molecular formula is C15H11F3N2. The summed E-state index contributed by atoms with van der Waals surface area (Å²) in [6.45, 7) is 0. The number of benzene rings is 1. The normalized spacial score (nSPS) is 11.2. The topological polar surface area (TPSA) is 31.6 Å². The maximum atomic E-state index is 14.1. The predicted molar refractivity (Wildman–Crippen MR) is 68.8 cm³/mol. The number of aromatic amines is 2. The molecule has 0 bridgehead atoms. The molecular weight excluding hydrogens is 265 g/mol. The van der Waals surface area contributed by atoms with Crippen molar-refractivity contribution in [1.29, 1.82) is 0 Å². The van der Waals surface area contributed by atoms with Crippen LogP contribution in [-0.4, -0.2) is 9.97 Å². The van der Waals surface area contributed by atoms with Crippen LogP contribution >= 0.6 is 0 Å². The molecule has 102 valence electrons. The first-order chi connectivity index (χ1) is 9.68. The molecule has 5 heteroatoms. The van der Waals surface area contributed by atoms with E-state index in [9.17, 15) is 13.2 Å². The van der Waals surface area contributed by atoms with Gasteiger partial charge in [-0.25, -0.2) is 13.2 Å². The van der Waals surface area contributed by atoms with Gasteiger partial charge in [-0.15, -0.1) is 0 Å². The Morgan fingerprint density at radius 1 is 0.750 bits per heavy atom. The van der Waals surface area contributed by atoms with Crippen molar-refractivity contribution in [2.45, 2.75) is 5.92 Å². The van der Waals surface area contributed by atoms with Crippen LogP contribution in [-0.2, 0) is 0 Å². The second-order valence-corrected chi connectivity index (χ2v) is 4.45. The van der Waals surface area contributed by atoms with Gasteiger partial charge in [0.05, 0.1) is 5.92 Å². The summed E-state index contributed by atoms with van der Waals surface area (Å²) in [6.07, 6.45) is 3.39. The van der Waals surface area contributed by atoms with E-state index in [0.29, 0.717) is 11.4 Å². The van der Waals surface area contributed by atoms with E-state index >= 15 is 0 Å². The van der Waals surface area contributed by atoms with Gasteiger partial charge in [0.1, 0.15) is 0 Å². The molecule has 0 aliphatic heterocycles. The molecule has 0 aliphatic rings. The van der Waals surface area contributed by atoms with Crippen molar-refractivity contribution in [1.82, 2.24) is 9.97 Å². The summed E-state index contributed by atoms with van der Waals surface area (Å²) in [7, 11) is 0. The molecule has 0 fully saturated rings. The number of nitrogens with one attached hydrogen (secondary N) is 2. The van der Waals surface area contributed by atoms with Gasteiger partial charge in [0.25, 0.3) is 0 Å². The second kappa shape index (κ2) is 4.92. The highest BCUT2D eigenvalue weighted by Gasteiger charge is 2.25. The third kappa shape index (κ3) is 2.01. The fourth-order valence-electron chi connectivity index (χ4n) is 2.31. The third-order valence-corrected chi connectivity index (χ3v) is 3.24. The molecule has 3 rings (SSSR count). The molecule has 0 aliphatic carbocycles. The Bertz CT molecular complexity index is 669. The van der Waals surface area contributed by atoms with Gasteiger partial charge in [-0.3, -0.25) is 0 Å². The Kier molecular flexibility index (Phi) is 3.10. The van der Waals surface area contributed by atoms with E-state index in [4.69, 9.17) is 0 Å². The van der Waals surface area contributed by atoms with E-state index in [1.54, 1.807) is 36.7 Å². The predicted octanol–water partition coefficient (Wildman–Crippen LogP) is 3.94. The van der Waals surface area contributed by atoms with Crippen LogP contribution in [0.5, 0.6) is 0 Å². The minimum Gasteiger partial charge on any atom is -0.364 e. The lowest BCUT2D eigenvalue weighted by Crippen LogP contribution is -2.09. The van der Waals surface area contributed by atoms with E-state index in [1.165, 1.54) is 6.07 Å². The van der Waals surface area contributed by atoms with E-state index in [0.717, 1.165) is 6.07 Å². The average Bonchev–Trinajstić information content (AvgIpc) is 3.12. The zero-order valence-corrected chi connectivity index (χ0v) is 10.3. The minimum atomic E-state index is -1.45. The second-order valence-electron chi connectivity index (χ2n) is 4.45. The largest absolute Gasteiger partial charge is 0.364 e. The maximum absolute atomic E-state index is 14.1. The third-order valence-electron chi connectivity index (χ3n) is 3.24. The van der Waals surface area contributed by atoms with Crippen LogP contribution in [0.15, 0.2) is 48.8 Å².